The van der Waals surface area contributed by atoms with Gasteiger partial charge in [-0.05, 0) is 42.4 Å². The smallest absolute Gasteiger partial charge is 0.407 e. The first-order valence-electron chi connectivity index (χ1n) is 18.8. The Balaban J connectivity index is 2.48. The minimum Gasteiger partial charge on any atom is -0.445 e. The predicted molar refractivity (Wildman–Crippen MR) is 206 cm³/mol. The van der Waals surface area contributed by atoms with Gasteiger partial charge in [-0.2, -0.15) is 0 Å². The fourth-order valence-electron chi connectivity index (χ4n) is 4.60. The van der Waals surface area contributed by atoms with Gasteiger partial charge in [-0.25, -0.2) is 9.59 Å². The molecule has 1 rings (SSSR count). The number of hydrogen-bond acceptors (Lipinski definition) is 12. The van der Waals surface area contributed by atoms with E-state index in [4.69, 9.17) is 34.2 Å². The van der Waals surface area contributed by atoms with Crippen LogP contribution in [0.1, 0.15) is 52.5 Å². The van der Waals surface area contributed by atoms with Gasteiger partial charge in [0.05, 0.1) is 52.9 Å². The van der Waals surface area contributed by atoms with Crippen molar-refractivity contribution in [3.8, 4) is 0 Å². The number of hydrogen-bond donors (Lipinski definition) is 7. The molecule has 0 aliphatic rings. The van der Waals surface area contributed by atoms with Crippen LogP contribution in [0.2, 0.25) is 0 Å². The SMILES string of the molecule is COCC(=O)NCCOCCOCCOCCOCCC(=O)N[C@H](C(=O)N[C@@H](CCCNC(N)=O)C(=O)Nc1ccc(COC(=O)NCC(C)C)cc1)C(C)C. The molecule has 0 spiro atoms. The van der Waals surface area contributed by atoms with Crippen molar-refractivity contribution < 1.29 is 57.2 Å². The van der Waals surface area contributed by atoms with E-state index in [1.165, 1.54) is 7.11 Å². The molecule has 2 atom stereocenters. The van der Waals surface area contributed by atoms with Gasteiger partial charge in [0.2, 0.25) is 23.6 Å². The number of urea groups is 1. The highest BCUT2D eigenvalue weighted by Gasteiger charge is 2.29. The third-order valence-corrected chi connectivity index (χ3v) is 7.55. The highest BCUT2D eigenvalue weighted by molar-refractivity contribution is 5.98. The fraction of sp³-hybridized carbons (Fsp3) is 0.676. The van der Waals surface area contributed by atoms with Crippen molar-refractivity contribution in [1.29, 1.82) is 0 Å². The van der Waals surface area contributed by atoms with Gasteiger partial charge in [0.1, 0.15) is 25.3 Å². The number of ether oxygens (including phenoxy) is 6. The molecule has 0 aromatic heterocycles. The summed E-state index contributed by atoms with van der Waals surface area (Å²) in [5.74, 6) is -1.67. The molecule has 0 aliphatic heterocycles. The summed E-state index contributed by atoms with van der Waals surface area (Å²) in [4.78, 5) is 73.7. The highest BCUT2D eigenvalue weighted by atomic mass is 16.6. The molecule has 0 radical (unpaired) electrons. The number of alkyl carbamates (subject to hydrolysis) is 1. The third kappa shape index (κ3) is 25.5. The Bertz CT molecular complexity index is 1300. The second-order valence-corrected chi connectivity index (χ2v) is 13.3. The molecule has 0 saturated carbocycles. The van der Waals surface area contributed by atoms with Gasteiger partial charge in [-0.15, -0.1) is 0 Å². The number of nitrogens with one attached hydrogen (secondary N) is 6. The lowest BCUT2D eigenvalue weighted by Gasteiger charge is -2.25. The molecule has 0 bridgehead atoms. The quantitative estimate of drug-likeness (QED) is 0.0515. The van der Waals surface area contributed by atoms with Crippen molar-refractivity contribution in [2.24, 2.45) is 17.6 Å². The van der Waals surface area contributed by atoms with Crippen LogP contribution in [0.3, 0.4) is 0 Å². The number of carbonyl (C=O) groups is 6. The number of nitrogens with two attached hydrogens (primary N) is 1. The summed E-state index contributed by atoms with van der Waals surface area (Å²) in [5, 5.41) is 16.0. The molecule has 19 nitrogen and oxygen atoms in total. The molecule has 0 fully saturated rings. The van der Waals surface area contributed by atoms with Crippen LogP contribution in [-0.2, 0) is 54.2 Å². The Hall–Kier alpha value is -4.56. The molecule has 318 valence electrons. The van der Waals surface area contributed by atoms with Crippen LogP contribution >= 0.6 is 0 Å². The number of methoxy groups -OCH3 is 1. The summed E-state index contributed by atoms with van der Waals surface area (Å²) in [6, 6.07) is 4.04. The van der Waals surface area contributed by atoms with Crippen LogP contribution in [0.5, 0.6) is 0 Å². The lowest BCUT2D eigenvalue weighted by atomic mass is 10.0. The Morgan fingerprint density at radius 3 is 1.88 bits per heavy atom. The first-order chi connectivity index (χ1) is 26.8. The molecule has 1 aromatic rings. The van der Waals surface area contributed by atoms with E-state index in [1.807, 2.05) is 13.8 Å². The summed E-state index contributed by atoms with van der Waals surface area (Å²) >= 11 is 0. The van der Waals surface area contributed by atoms with Crippen molar-refractivity contribution >= 4 is 41.4 Å². The van der Waals surface area contributed by atoms with Gasteiger partial charge in [0, 0.05) is 38.9 Å². The van der Waals surface area contributed by atoms with Crippen molar-refractivity contribution in [1.82, 2.24) is 26.6 Å². The molecule has 0 unspecified atom stereocenters. The zero-order valence-electron chi connectivity index (χ0n) is 33.4. The van der Waals surface area contributed by atoms with Crippen LogP contribution in [0, 0.1) is 11.8 Å². The lowest BCUT2D eigenvalue weighted by molar-refractivity contribution is -0.132. The van der Waals surface area contributed by atoms with E-state index in [1.54, 1.807) is 38.1 Å². The molecular formula is C37H63N7O12. The number of amides is 7. The van der Waals surface area contributed by atoms with Crippen molar-refractivity contribution in [2.45, 2.75) is 65.6 Å². The van der Waals surface area contributed by atoms with Crippen LogP contribution in [0.25, 0.3) is 0 Å². The van der Waals surface area contributed by atoms with Crippen molar-refractivity contribution in [2.75, 3.05) is 91.5 Å². The minimum atomic E-state index is -1.00. The molecule has 0 heterocycles. The monoisotopic (exact) mass is 797 g/mol. The minimum absolute atomic E-state index is 0.00201. The van der Waals surface area contributed by atoms with Gasteiger partial charge in [-0.3, -0.25) is 19.2 Å². The summed E-state index contributed by atoms with van der Waals surface area (Å²) in [6.07, 6.45) is -0.0216. The van der Waals surface area contributed by atoms with Crippen LogP contribution in [-0.4, -0.2) is 134 Å². The predicted octanol–water partition coefficient (Wildman–Crippen LogP) is 0.801. The fourth-order valence-corrected chi connectivity index (χ4v) is 4.60. The molecule has 7 amide bonds. The molecule has 0 saturated heterocycles. The zero-order valence-corrected chi connectivity index (χ0v) is 33.4. The van der Waals surface area contributed by atoms with E-state index in [0.29, 0.717) is 70.4 Å². The van der Waals surface area contributed by atoms with E-state index in [2.05, 4.69) is 31.9 Å². The largest absolute Gasteiger partial charge is 0.445 e. The average Bonchev–Trinajstić information content (AvgIpc) is 3.15. The van der Waals surface area contributed by atoms with Gasteiger partial charge in [-0.1, -0.05) is 39.8 Å². The van der Waals surface area contributed by atoms with E-state index in [-0.39, 0.29) is 63.6 Å². The standard InChI is InChI=1S/C37H63N7O12/c1-26(2)23-41-37(50)56-24-28-8-10-29(11-9-28)42-34(47)30(7-6-13-40-36(38)49)43-35(48)33(27(3)4)44-31(45)12-15-52-17-19-54-21-22-55-20-18-53-16-14-39-32(46)25-51-5/h8-11,26-27,30,33H,6-7,12-25H2,1-5H3,(H,39,46)(H,41,50)(H,42,47)(H,43,48)(H,44,45)(H3,38,40,49)/t30-,33-/m0/s1. The first-order valence-corrected chi connectivity index (χ1v) is 18.8. The van der Waals surface area contributed by atoms with E-state index in [9.17, 15) is 28.8 Å². The summed E-state index contributed by atoms with van der Waals surface area (Å²) in [7, 11) is 1.45. The second-order valence-electron chi connectivity index (χ2n) is 13.3. The summed E-state index contributed by atoms with van der Waals surface area (Å²) in [5.41, 5.74) is 6.31. The van der Waals surface area contributed by atoms with E-state index >= 15 is 0 Å². The maximum absolute atomic E-state index is 13.4. The highest BCUT2D eigenvalue weighted by Crippen LogP contribution is 2.13. The summed E-state index contributed by atoms with van der Waals surface area (Å²) < 4.78 is 31.7. The normalized spacial score (nSPS) is 12.1. The molecule has 0 aliphatic carbocycles. The lowest BCUT2D eigenvalue weighted by Crippen LogP contribution is -2.54. The van der Waals surface area contributed by atoms with E-state index < -0.39 is 41.9 Å². The second kappa shape index (κ2) is 30.6. The maximum Gasteiger partial charge on any atom is 0.407 e. The number of benzene rings is 1. The number of primary amides is 1. The Kier molecular flexibility index (Phi) is 27.1. The topological polar surface area (TPSA) is 256 Å². The molecule has 1 aromatic carbocycles. The van der Waals surface area contributed by atoms with Crippen molar-refractivity contribution in [3.63, 3.8) is 0 Å². The van der Waals surface area contributed by atoms with Gasteiger partial charge in [0.25, 0.3) is 0 Å². The molecule has 8 N–H and O–H groups in total. The first kappa shape index (κ1) is 49.5. The number of carbonyl (C=O) groups excluding carboxylic acids is 6. The molecule has 56 heavy (non-hydrogen) atoms. The van der Waals surface area contributed by atoms with Crippen LogP contribution in [0.15, 0.2) is 24.3 Å². The zero-order chi connectivity index (χ0) is 41.6. The Labute approximate surface area is 329 Å². The maximum atomic E-state index is 13.4. The Morgan fingerprint density at radius 1 is 0.696 bits per heavy atom. The number of anilines is 1. The van der Waals surface area contributed by atoms with Gasteiger partial charge < -0.3 is 66.1 Å². The van der Waals surface area contributed by atoms with Crippen molar-refractivity contribution in [3.05, 3.63) is 29.8 Å². The van der Waals surface area contributed by atoms with Gasteiger partial charge >= 0.3 is 12.1 Å². The number of rotatable bonds is 31. The third-order valence-electron chi connectivity index (χ3n) is 7.55. The average molecular weight is 798 g/mol. The molecular weight excluding hydrogens is 734 g/mol. The van der Waals surface area contributed by atoms with E-state index in [0.717, 1.165) is 0 Å². The molecule has 19 heteroatoms. The summed E-state index contributed by atoms with van der Waals surface area (Å²) in [6.45, 7) is 11.1. The van der Waals surface area contributed by atoms with Crippen LogP contribution in [0.4, 0.5) is 15.3 Å². The van der Waals surface area contributed by atoms with Crippen LogP contribution < -0.4 is 37.6 Å². The van der Waals surface area contributed by atoms with Gasteiger partial charge in [0.15, 0.2) is 0 Å². The Morgan fingerprint density at radius 2 is 1.30 bits per heavy atom.